The Hall–Kier alpha value is -2.87. The molecule has 108 valence electrons. The number of allylic oxidation sites excluding steroid dienone is 1. The van der Waals surface area contributed by atoms with E-state index in [4.69, 9.17) is 0 Å². The Morgan fingerprint density at radius 1 is 0.864 bits per heavy atom. The topological polar surface area (TPSA) is 29.1 Å². The fourth-order valence-corrected chi connectivity index (χ4v) is 2.44. The van der Waals surface area contributed by atoms with E-state index in [2.05, 4.69) is 5.32 Å². The summed E-state index contributed by atoms with van der Waals surface area (Å²) in [5.74, 6) is 0.0114. The first-order valence-corrected chi connectivity index (χ1v) is 7.30. The third kappa shape index (κ3) is 3.23. The number of nitrogens with one attached hydrogen (secondary N) is 1. The SMILES string of the molecule is O=C(/C=C/NCc1ccccc1)c1cccc2ccccc12. The molecule has 2 nitrogen and oxygen atoms in total. The van der Waals surface area contributed by atoms with E-state index in [1.54, 1.807) is 12.3 Å². The average Bonchev–Trinajstić information content (AvgIpc) is 2.59. The molecule has 0 saturated heterocycles. The molecule has 0 fully saturated rings. The highest BCUT2D eigenvalue weighted by Gasteiger charge is 2.05. The Kier molecular flexibility index (Phi) is 4.30. The van der Waals surface area contributed by atoms with Crippen LogP contribution < -0.4 is 5.32 Å². The highest BCUT2D eigenvalue weighted by Crippen LogP contribution is 2.19. The van der Waals surface area contributed by atoms with E-state index < -0.39 is 0 Å². The van der Waals surface area contributed by atoms with E-state index in [1.807, 2.05) is 72.8 Å². The maximum absolute atomic E-state index is 12.3. The Labute approximate surface area is 130 Å². The molecule has 0 unspecified atom stereocenters. The van der Waals surface area contributed by atoms with Crippen LogP contribution in [0.25, 0.3) is 10.8 Å². The van der Waals surface area contributed by atoms with Crippen molar-refractivity contribution in [2.75, 3.05) is 0 Å². The highest BCUT2D eigenvalue weighted by molar-refractivity contribution is 6.13. The van der Waals surface area contributed by atoms with Crippen LogP contribution in [0.3, 0.4) is 0 Å². The fraction of sp³-hybridized carbons (Fsp3) is 0.0500. The van der Waals surface area contributed by atoms with Crippen molar-refractivity contribution in [2.24, 2.45) is 0 Å². The van der Waals surface area contributed by atoms with Gasteiger partial charge in [0, 0.05) is 24.4 Å². The quantitative estimate of drug-likeness (QED) is 0.559. The molecule has 2 heteroatoms. The number of hydrogen-bond acceptors (Lipinski definition) is 2. The maximum Gasteiger partial charge on any atom is 0.187 e. The van der Waals surface area contributed by atoms with Crippen LogP contribution in [-0.2, 0) is 6.54 Å². The lowest BCUT2D eigenvalue weighted by atomic mass is 10.0. The van der Waals surface area contributed by atoms with Crippen molar-refractivity contribution >= 4 is 16.6 Å². The van der Waals surface area contributed by atoms with Gasteiger partial charge in [-0.05, 0) is 16.3 Å². The fourth-order valence-electron chi connectivity index (χ4n) is 2.44. The van der Waals surface area contributed by atoms with Gasteiger partial charge in [-0.3, -0.25) is 4.79 Å². The summed E-state index contributed by atoms with van der Waals surface area (Å²) in [6.45, 7) is 0.708. The van der Waals surface area contributed by atoms with Gasteiger partial charge < -0.3 is 5.32 Å². The third-order valence-corrected chi connectivity index (χ3v) is 3.56. The number of carbonyl (C=O) groups excluding carboxylic acids is 1. The Balaban J connectivity index is 1.70. The molecule has 0 saturated carbocycles. The van der Waals surface area contributed by atoms with Crippen LogP contribution >= 0.6 is 0 Å². The van der Waals surface area contributed by atoms with Gasteiger partial charge in [-0.2, -0.15) is 0 Å². The molecule has 0 aromatic heterocycles. The van der Waals surface area contributed by atoms with Gasteiger partial charge >= 0.3 is 0 Å². The summed E-state index contributed by atoms with van der Waals surface area (Å²) in [6.07, 6.45) is 3.31. The van der Waals surface area contributed by atoms with Crippen LogP contribution in [0.4, 0.5) is 0 Å². The van der Waals surface area contributed by atoms with Gasteiger partial charge in [0.25, 0.3) is 0 Å². The lowest BCUT2D eigenvalue weighted by Crippen LogP contribution is -2.05. The molecule has 0 amide bonds. The summed E-state index contributed by atoms with van der Waals surface area (Å²) >= 11 is 0. The predicted octanol–water partition coefficient (Wildman–Crippen LogP) is 4.33. The van der Waals surface area contributed by atoms with Crippen molar-refractivity contribution in [1.29, 1.82) is 0 Å². The van der Waals surface area contributed by atoms with Crippen LogP contribution in [0.15, 0.2) is 85.1 Å². The zero-order chi connectivity index (χ0) is 15.2. The van der Waals surface area contributed by atoms with E-state index >= 15 is 0 Å². The summed E-state index contributed by atoms with van der Waals surface area (Å²) in [7, 11) is 0. The van der Waals surface area contributed by atoms with Gasteiger partial charge in [0.05, 0.1) is 0 Å². The lowest BCUT2D eigenvalue weighted by Gasteiger charge is -2.03. The minimum absolute atomic E-state index is 0.0114. The van der Waals surface area contributed by atoms with E-state index in [9.17, 15) is 4.79 Å². The second-order valence-corrected chi connectivity index (χ2v) is 5.09. The first kappa shape index (κ1) is 14.1. The molecular formula is C20H17NO. The number of ketones is 1. The van der Waals surface area contributed by atoms with E-state index in [-0.39, 0.29) is 5.78 Å². The molecule has 22 heavy (non-hydrogen) atoms. The molecule has 0 radical (unpaired) electrons. The smallest absolute Gasteiger partial charge is 0.187 e. The van der Waals surface area contributed by atoms with E-state index in [1.165, 1.54) is 5.56 Å². The Morgan fingerprint density at radius 2 is 1.59 bits per heavy atom. The van der Waals surface area contributed by atoms with Crippen LogP contribution in [0.2, 0.25) is 0 Å². The second-order valence-electron chi connectivity index (χ2n) is 5.09. The molecule has 3 rings (SSSR count). The van der Waals surface area contributed by atoms with Gasteiger partial charge in [-0.1, -0.05) is 72.8 Å². The molecule has 3 aromatic rings. The average molecular weight is 287 g/mol. The number of fused-ring (bicyclic) bond motifs is 1. The van der Waals surface area contributed by atoms with Crippen LogP contribution in [0.1, 0.15) is 15.9 Å². The molecule has 0 spiro atoms. The normalized spacial score (nSPS) is 10.9. The largest absolute Gasteiger partial charge is 0.387 e. The Bertz CT molecular complexity index is 801. The molecule has 0 aliphatic heterocycles. The van der Waals surface area contributed by atoms with Gasteiger partial charge in [0.1, 0.15) is 0 Å². The number of carbonyl (C=O) groups is 1. The number of hydrogen-bond donors (Lipinski definition) is 1. The van der Waals surface area contributed by atoms with Crippen molar-refractivity contribution in [1.82, 2.24) is 5.32 Å². The molecule has 0 atom stereocenters. The number of benzene rings is 3. The summed E-state index contributed by atoms with van der Waals surface area (Å²) in [6, 6.07) is 23.8. The lowest BCUT2D eigenvalue weighted by molar-refractivity contribution is 0.104. The second kappa shape index (κ2) is 6.72. The standard InChI is InChI=1S/C20H17NO/c22-20(13-14-21-15-16-7-2-1-3-8-16)19-12-6-10-17-9-4-5-11-18(17)19/h1-14,21H,15H2/b14-13+. The molecular weight excluding hydrogens is 270 g/mol. The third-order valence-electron chi connectivity index (χ3n) is 3.56. The maximum atomic E-state index is 12.3. The van der Waals surface area contributed by atoms with Crippen molar-refractivity contribution in [3.63, 3.8) is 0 Å². The molecule has 0 aliphatic carbocycles. The monoisotopic (exact) mass is 287 g/mol. The predicted molar refractivity (Wildman–Crippen MR) is 90.7 cm³/mol. The van der Waals surface area contributed by atoms with Crippen molar-refractivity contribution in [3.05, 3.63) is 96.2 Å². The highest BCUT2D eigenvalue weighted by atomic mass is 16.1. The van der Waals surface area contributed by atoms with Crippen molar-refractivity contribution < 1.29 is 4.79 Å². The van der Waals surface area contributed by atoms with Crippen LogP contribution in [0.5, 0.6) is 0 Å². The van der Waals surface area contributed by atoms with Crippen molar-refractivity contribution in [3.8, 4) is 0 Å². The minimum Gasteiger partial charge on any atom is -0.387 e. The molecule has 1 N–H and O–H groups in total. The van der Waals surface area contributed by atoms with Gasteiger partial charge in [-0.25, -0.2) is 0 Å². The molecule has 0 aliphatic rings. The van der Waals surface area contributed by atoms with Crippen LogP contribution in [-0.4, -0.2) is 5.78 Å². The molecule has 0 bridgehead atoms. The molecule has 3 aromatic carbocycles. The first-order valence-electron chi connectivity index (χ1n) is 7.30. The van der Waals surface area contributed by atoms with Gasteiger partial charge in [-0.15, -0.1) is 0 Å². The summed E-state index contributed by atoms with van der Waals surface area (Å²) in [4.78, 5) is 12.3. The summed E-state index contributed by atoms with van der Waals surface area (Å²) in [5, 5.41) is 5.22. The van der Waals surface area contributed by atoms with E-state index in [0.717, 1.165) is 16.3 Å². The summed E-state index contributed by atoms with van der Waals surface area (Å²) in [5.41, 5.74) is 1.92. The first-order chi connectivity index (χ1) is 10.8. The van der Waals surface area contributed by atoms with Gasteiger partial charge in [0.2, 0.25) is 0 Å². The zero-order valence-electron chi connectivity index (χ0n) is 12.2. The van der Waals surface area contributed by atoms with Gasteiger partial charge in [0.15, 0.2) is 5.78 Å². The zero-order valence-corrected chi connectivity index (χ0v) is 12.2. The molecule has 0 heterocycles. The number of rotatable bonds is 5. The summed E-state index contributed by atoms with van der Waals surface area (Å²) < 4.78 is 0. The van der Waals surface area contributed by atoms with Crippen molar-refractivity contribution in [2.45, 2.75) is 6.54 Å². The minimum atomic E-state index is 0.0114. The van der Waals surface area contributed by atoms with E-state index in [0.29, 0.717) is 6.54 Å². The Morgan fingerprint density at radius 3 is 2.45 bits per heavy atom. The van der Waals surface area contributed by atoms with Crippen LogP contribution in [0, 0.1) is 0 Å².